The Morgan fingerprint density at radius 1 is 1.55 bits per heavy atom. The topological polar surface area (TPSA) is 55.1 Å². The summed E-state index contributed by atoms with van der Waals surface area (Å²) in [6.07, 6.45) is 0.670. The maximum absolute atomic E-state index is 9.92. The maximum atomic E-state index is 9.92. The standard InChI is InChI=1S/C8H10N2O/c9-8-3-1-2-7(4-8)5-10-6-11/h1-4,6H,5,9H2,(H,10,11). The number of hydrogen-bond donors (Lipinski definition) is 2. The van der Waals surface area contributed by atoms with E-state index in [0.29, 0.717) is 13.0 Å². The van der Waals surface area contributed by atoms with E-state index in [9.17, 15) is 4.79 Å². The Kier molecular flexibility index (Phi) is 2.49. The number of benzene rings is 1. The Morgan fingerprint density at radius 2 is 2.36 bits per heavy atom. The average molecular weight is 150 g/mol. The van der Waals surface area contributed by atoms with Gasteiger partial charge in [-0.3, -0.25) is 4.79 Å². The van der Waals surface area contributed by atoms with Crippen LogP contribution in [0.25, 0.3) is 0 Å². The number of nitrogens with one attached hydrogen (secondary N) is 1. The molecule has 3 N–H and O–H groups in total. The van der Waals surface area contributed by atoms with E-state index >= 15 is 0 Å². The van der Waals surface area contributed by atoms with Gasteiger partial charge in [0.25, 0.3) is 0 Å². The van der Waals surface area contributed by atoms with Gasteiger partial charge in [-0.25, -0.2) is 0 Å². The van der Waals surface area contributed by atoms with E-state index in [-0.39, 0.29) is 0 Å². The third kappa shape index (κ3) is 2.29. The Labute approximate surface area is 65.2 Å². The summed E-state index contributed by atoms with van der Waals surface area (Å²) >= 11 is 0. The first kappa shape index (κ1) is 7.60. The summed E-state index contributed by atoms with van der Waals surface area (Å²) in [6.45, 7) is 0.536. The minimum Gasteiger partial charge on any atom is -0.399 e. The molecule has 3 nitrogen and oxygen atoms in total. The molecule has 0 radical (unpaired) electrons. The van der Waals surface area contributed by atoms with Gasteiger partial charge in [0.2, 0.25) is 6.41 Å². The van der Waals surface area contributed by atoms with Gasteiger partial charge in [-0.15, -0.1) is 0 Å². The van der Waals surface area contributed by atoms with Crippen molar-refractivity contribution in [3.63, 3.8) is 0 Å². The van der Waals surface area contributed by atoms with Gasteiger partial charge < -0.3 is 11.1 Å². The van der Waals surface area contributed by atoms with E-state index in [1.807, 2.05) is 24.3 Å². The molecule has 0 aliphatic rings. The van der Waals surface area contributed by atoms with Gasteiger partial charge in [-0.05, 0) is 17.7 Å². The third-order valence-electron chi connectivity index (χ3n) is 1.34. The molecule has 0 aliphatic heterocycles. The maximum Gasteiger partial charge on any atom is 0.207 e. The summed E-state index contributed by atoms with van der Waals surface area (Å²) in [5.74, 6) is 0. The molecule has 0 saturated heterocycles. The zero-order chi connectivity index (χ0) is 8.10. The second kappa shape index (κ2) is 3.61. The first-order chi connectivity index (χ1) is 5.33. The highest BCUT2D eigenvalue weighted by molar-refractivity contribution is 5.47. The number of hydrogen-bond acceptors (Lipinski definition) is 2. The quantitative estimate of drug-likeness (QED) is 0.487. The lowest BCUT2D eigenvalue weighted by Crippen LogP contribution is -2.09. The number of amides is 1. The molecular formula is C8H10N2O. The fourth-order valence-corrected chi connectivity index (χ4v) is 0.863. The van der Waals surface area contributed by atoms with E-state index in [0.717, 1.165) is 11.3 Å². The third-order valence-corrected chi connectivity index (χ3v) is 1.34. The summed E-state index contributed by atoms with van der Waals surface area (Å²) in [5, 5.41) is 2.56. The van der Waals surface area contributed by atoms with Crippen LogP contribution in [-0.2, 0) is 11.3 Å². The zero-order valence-electron chi connectivity index (χ0n) is 6.08. The van der Waals surface area contributed by atoms with E-state index < -0.39 is 0 Å². The lowest BCUT2D eigenvalue weighted by Gasteiger charge is -1.99. The lowest BCUT2D eigenvalue weighted by atomic mass is 10.2. The summed E-state index contributed by atoms with van der Waals surface area (Å²) in [6, 6.07) is 7.41. The molecule has 11 heavy (non-hydrogen) atoms. The van der Waals surface area contributed by atoms with Crippen LogP contribution in [0.15, 0.2) is 24.3 Å². The fraction of sp³-hybridized carbons (Fsp3) is 0.125. The molecule has 1 aromatic rings. The summed E-state index contributed by atoms with van der Waals surface area (Å²) in [7, 11) is 0. The molecule has 1 aromatic carbocycles. The second-order valence-corrected chi connectivity index (χ2v) is 2.24. The molecule has 0 atom stereocenters. The molecule has 0 spiro atoms. The van der Waals surface area contributed by atoms with Gasteiger partial charge >= 0.3 is 0 Å². The molecular weight excluding hydrogens is 140 g/mol. The lowest BCUT2D eigenvalue weighted by molar-refractivity contribution is -0.109. The van der Waals surface area contributed by atoms with Crippen LogP contribution in [0.4, 0.5) is 5.69 Å². The molecule has 3 heteroatoms. The monoisotopic (exact) mass is 150 g/mol. The number of anilines is 1. The summed E-state index contributed by atoms with van der Waals surface area (Å²) in [4.78, 5) is 9.92. The largest absolute Gasteiger partial charge is 0.399 e. The molecule has 1 rings (SSSR count). The zero-order valence-corrected chi connectivity index (χ0v) is 6.08. The summed E-state index contributed by atoms with van der Waals surface area (Å²) in [5.41, 5.74) is 7.24. The van der Waals surface area contributed by atoms with Gasteiger partial charge in [0.15, 0.2) is 0 Å². The van der Waals surface area contributed by atoms with Gasteiger partial charge in [-0.2, -0.15) is 0 Å². The molecule has 0 fully saturated rings. The average Bonchev–Trinajstić information content (AvgIpc) is 2.01. The van der Waals surface area contributed by atoms with Gasteiger partial charge in [-0.1, -0.05) is 12.1 Å². The van der Waals surface area contributed by atoms with Crippen LogP contribution in [0.1, 0.15) is 5.56 Å². The Bertz CT molecular complexity index is 248. The van der Waals surface area contributed by atoms with Crippen molar-refractivity contribution in [2.75, 3.05) is 5.73 Å². The van der Waals surface area contributed by atoms with Crippen LogP contribution in [0, 0.1) is 0 Å². The van der Waals surface area contributed by atoms with Crippen LogP contribution in [0.2, 0.25) is 0 Å². The first-order valence-corrected chi connectivity index (χ1v) is 3.34. The van der Waals surface area contributed by atoms with Crippen molar-refractivity contribution < 1.29 is 4.79 Å². The molecule has 0 aromatic heterocycles. The smallest absolute Gasteiger partial charge is 0.207 e. The minimum atomic E-state index is 0.536. The van der Waals surface area contributed by atoms with Crippen LogP contribution >= 0.6 is 0 Å². The highest BCUT2D eigenvalue weighted by atomic mass is 16.1. The molecule has 0 heterocycles. The normalized spacial score (nSPS) is 9.09. The van der Waals surface area contributed by atoms with E-state index in [1.54, 1.807) is 0 Å². The molecule has 0 aliphatic carbocycles. The van der Waals surface area contributed by atoms with Crippen molar-refractivity contribution >= 4 is 12.1 Å². The molecule has 0 bridgehead atoms. The van der Waals surface area contributed by atoms with Crippen molar-refractivity contribution in [1.29, 1.82) is 0 Å². The van der Waals surface area contributed by atoms with Crippen LogP contribution in [-0.4, -0.2) is 6.41 Å². The molecule has 1 amide bonds. The number of carbonyl (C=O) groups excluding carboxylic acids is 1. The van der Waals surface area contributed by atoms with E-state index in [4.69, 9.17) is 5.73 Å². The predicted molar refractivity (Wildman–Crippen MR) is 43.8 cm³/mol. The number of carbonyl (C=O) groups is 1. The SMILES string of the molecule is Nc1cccc(CNC=O)c1. The molecule has 58 valence electrons. The van der Waals surface area contributed by atoms with Crippen LogP contribution in [0.3, 0.4) is 0 Å². The van der Waals surface area contributed by atoms with E-state index in [2.05, 4.69) is 5.32 Å². The van der Waals surface area contributed by atoms with Crippen molar-refractivity contribution in [3.8, 4) is 0 Å². The number of nitrogen functional groups attached to an aromatic ring is 1. The van der Waals surface area contributed by atoms with E-state index in [1.165, 1.54) is 0 Å². The van der Waals surface area contributed by atoms with Crippen LogP contribution < -0.4 is 11.1 Å². The highest BCUT2D eigenvalue weighted by Gasteiger charge is 1.90. The van der Waals surface area contributed by atoms with Crippen LogP contribution in [0.5, 0.6) is 0 Å². The Morgan fingerprint density at radius 3 is 3.00 bits per heavy atom. The minimum absolute atomic E-state index is 0.536. The predicted octanol–water partition coefficient (Wildman–Crippen LogP) is 0.515. The second-order valence-electron chi connectivity index (χ2n) is 2.24. The summed E-state index contributed by atoms with van der Waals surface area (Å²) < 4.78 is 0. The van der Waals surface area contributed by atoms with Gasteiger partial charge in [0.05, 0.1) is 0 Å². The highest BCUT2D eigenvalue weighted by Crippen LogP contribution is 2.05. The number of rotatable bonds is 3. The van der Waals surface area contributed by atoms with Crippen molar-refractivity contribution in [2.24, 2.45) is 0 Å². The molecule has 0 saturated carbocycles. The fourth-order valence-electron chi connectivity index (χ4n) is 0.863. The van der Waals surface area contributed by atoms with Crippen molar-refractivity contribution in [2.45, 2.75) is 6.54 Å². The van der Waals surface area contributed by atoms with Crippen molar-refractivity contribution in [1.82, 2.24) is 5.32 Å². The number of nitrogens with two attached hydrogens (primary N) is 1. The Hall–Kier alpha value is -1.51. The Balaban J connectivity index is 2.63. The molecule has 0 unspecified atom stereocenters. The van der Waals surface area contributed by atoms with Gasteiger partial charge in [0, 0.05) is 12.2 Å². The van der Waals surface area contributed by atoms with Gasteiger partial charge in [0.1, 0.15) is 0 Å². The first-order valence-electron chi connectivity index (χ1n) is 3.34. The van der Waals surface area contributed by atoms with Crippen molar-refractivity contribution in [3.05, 3.63) is 29.8 Å².